The summed E-state index contributed by atoms with van der Waals surface area (Å²) in [5, 5.41) is 17.9. The van der Waals surface area contributed by atoms with Crippen LogP contribution in [0.4, 0.5) is 0 Å². The van der Waals surface area contributed by atoms with Gasteiger partial charge in [0.1, 0.15) is 24.8 Å². The van der Waals surface area contributed by atoms with Crippen LogP contribution in [-0.4, -0.2) is 21.9 Å². The molecule has 0 atom stereocenters. The number of carbonyl (C=O) groups excluding carboxylic acids is 2. The van der Waals surface area contributed by atoms with Gasteiger partial charge in [-0.15, -0.1) is 0 Å². The van der Waals surface area contributed by atoms with Crippen molar-refractivity contribution < 1.29 is 29.8 Å². The number of rotatable bonds is 0. The van der Waals surface area contributed by atoms with E-state index < -0.39 is 11.9 Å². The van der Waals surface area contributed by atoms with Crippen LogP contribution in [-0.2, 0) is 9.59 Å². The maximum absolute atomic E-state index is 8.93. The van der Waals surface area contributed by atoms with Crippen LogP contribution in [0.3, 0.4) is 0 Å². The Morgan fingerprint density at radius 3 is 1.33 bits per heavy atom. The zero-order chi connectivity index (χ0) is 14.0. The number of nitrogens with one attached hydrogen (secondary N) is 4. The summed E-state index contributed by atoms with van der Waals surface area (Å²) in [5.74, 6) is -2.19. The third-order valence-corrected chi connectivity index (χ3v) is 1.53. The highest BCUT2D eigenvalue weighted by Crippen LogP contribution is 1.70. The second-order valence-electron chi connectivity index (χ2n) is 3.07. The van der Waals surface area contributed by atoms with Crippen molar-refractivity contribution in [3.63, 3.8) is 0 Å². The summed E-state index contributed by atoms with van der Waals surface area (Å²) in [6.07, 6.45) is 7.43. The lowest BCUT2D eigenvalue weighted by atomic mass is 10.7. The van der Waals surface area contributed by atoms with E-state index in [0.29, 0.717) is 0 Å². The van der Waals surface area contributed by atoms with E-state index in [1.807, 2.05) is 38.6 Å². The number of carboxylic acid groups (broad SMARTS) is 2. The lowest BCUT2D eigenvalue weighted by molar-refractivity contribution is -0.385. The zero-order valence-electron chi connectivity index (χ0n) is 9.94. The predicted octanol–water partition coefficient (Wildman–Crippen LogP) is -3.24. The quantitative estimate of drug-likeness (QED) is 0.476. The molecule has 0 aliphatic heterocycles. The smallest absolute Gasteiger partial charge is 0.248 e. The molecule has 0 unspecified atom stereocenters. The van der Waals surface area contributed by atoms with Crippen LogP contribution >= 0.6 is 0 Å². The molecular weight excluding hydrogens is 240 g/mol. The number of aromatic nitrogens is 4. The first kappa shape index (κ1) is 15.4. The summed E-state index contributed by atoms with van der Waals surface area (Å²) < 4.78 is 0. The molecule has 4 N–H and O–H groups in total. The molecule has 0 aliphatic carbocycles. The lowest BCUT2D eigenvalue weighted by Gasteiger charge is -1.97. The largest absolute Gasteiger partial charge is 0.543 e. The van der Waals surface area contributed by atoms with Crippen molar-refractivity contribution >= 4 is 11.9 Å². The van der Waals surface area contributed by atoms with Gasteiger partial charge in [-0.1, -0.05) is 0 Å². The zero-order valence-corrected chi connectivity index (χ0v) is 9.94. The third kappa shape index (κ3) is 8.65. The Kier molecular flexibility index (Phi) is 7.26. The standard InChI is InChI=1S/2C4H6N2.C2H2O4/c2*1-4-5-2-3-6-4;3-1(4)2(5)6/h2*2-3H,1H3,(H,5,6);(H,3,4)(H,5,6). The molecule has 0 fully saturated rings. The minimum atomic E-state index is -2.19. The van der Waals surface area contributed by atoms with Crippen LogP contribution < -0.4 is 20.2 Å². The fourth-order valence-corrected chi connectivity index (χ4v) is 0.750. The number of aliphatic carboxylic acids is 2. The van der Waals surface area contributed by atoms with Crippen molar-refractivity contribution in [3.8, 4) is 0 Å². The first-order valence-corrected chi connectivity index (χ1v) is 4.89. The van der Waals surface area contributed by atoms with Crippen molar-refractivity contribution in [2.45, 2.75) is 13.8 Å². The number of hydrogen-bond acceptors (Lipinski definition) is 4. The molecule has 0 bridgehead atoms. The SMILES string of the molecule is Cc1[nH]cc[nH+]1.Cc1[nH]cc[nH+]1.O=C([O-])C(=O)[O-]. The first-order chi connectivity index (χ1) is 8.43. The number of aromatic amines is 4. The Labute approximate surface area is 103 Å². The van der Waals surface area contributed by atoms with Gasteiger partial charge in [0.25, 0.3) is 0 Å². The van der Waals surface area contributed by atoms with Crippen LogP contribution in [0.15, 0.2) is 24.8 Å². The van der Waals surface area contributed by atoms with E-state index in [0.717, 1.165) is 11.6 Å². The summed E-state index contributed by atoms with van der Waals surface area (Å²) >= 11 is 0. The fourth-order valence-electron chi connectivity index (χ4n) is 0.750. The first-order valence-electron chi connectivity index (χ1n) is 4.89. The molecule has 2 aromatic rings. The highest BCUT2D eigenvalue weighted by molar-refractivity contribution is 6.25. The molecule has 18 heavy (non-hydrogen) atoms. The molecule has 8 nitrogen and oxygen atoms in total. The number of carbonyl (C=O) groups is 2. The van der Waals surface area contributed by atoms with E-state index >= 15 is 0 Å². The van der Waals surface area contributed by atoms with Crippen molar-refractivity contribution in [1.29, 1.82) is 0 Å². The van der Waals surface area contributed by atoms with E-state index in [9.17, 15) is 0 Å². The maximum atomic E-state index is 8.93. The van der Waals surface area contributed by atoms with Gasteiger partial charge in [0.2, 0.25) is 11.6 Å². The second kappa shape index (κ2) is 8.50. The van der Waals surface area contributed by atoms with E-state index in [4.69, 9.17) is 19.8 Å². The molecule has 0 saturated heterocycles. The number of carboxylic acids is 2. The molecule has 0 radical (unpaired) electrons. The summed E-state index contributed by atoms with van der Waals surface area (Å²) in [5.41, 5.74) is 0. The number of aryl methyl sites for hydroxylation is 2. The summed E-state index contributed by atoms with van der Waals surface area (Å²) in [7, 11) is 0. The molecule has 2 rings (SSSR count). The minimum absolute atomic E-state index is 1.09. The molecule has 8 heteroatoms. The van der Waals surface area contributed by atoms with Crippen molar-refractivity contribution in [2.24, 2.45) is 0 Å². The van der Waals surface area contributed by atoms with E-state index in [2.05, 4.69) is 19.9 Å². The van der Waals surface area contributed by atoms with E-state index in [-0.39, 0.29) is 0 Å². The summed E-state index contributed by atoms with van der Waals surface area (Å²) in [6.45, 7) is 3.94. The van der Waals surface area contributed by atoms with Gasteiger partial charge in [-0.05, 0) is 0 Å². The van der Waals surface area contributed by atoms with Gasteiger partial charge < -0.3 is 19.8 Å². The second-order valence-corrected chi connectivity index (χ2v) is 3.07. The number of imidazole rings is 2. The number of H-pyrrole nitrogens is 4. The molecule has 2 heterocycles. The highest BCUT2D eigenvalue weighted by atomic mass is 16.4. The number of hydrogen-bond donors (Lipinski definition) is 2. The van der Waals surface area contributed by atoms with E-state index in [1.54, 1.807) is 0 Å². The van der Waals surface area contributed by atoms with Crippen molar-refractivity contribution in [1.82, 2.24) is 9.97 Å². The molecular formula is C10H14N4O4. The minimum Gasteiger partial charge on any atom is -0.543 e. The van der Waals surface area contributed by atoms with Crippen molar-refractivity contribution in [2.75, 3.05) is 0 Å². The monoisotopic (exact) mass is 254 g/mol. The average Bonchev–Trinajstić information content (AvgIpc) is 2.93. The average molecular weight is 254 g/mol. The Bertz CT molecular complexity index is 406. The topological polar surface area (TPSA) is 140 Å². The normalized spacial score (nSPS) is 8.33. The predicted molar refractivity (Wildman–Crippen MR) is 54.2 cm³/mol. The molecule has 0 amide bonds. The maximum Gasteiger partial charge on any atom is 0.248 e. The van der Waals surface area contributed by atoms with E-state index in [1.165, 1.54) is 0 Å². The molecule has 0 spiro atoms. The van der Waals surface area contributed by atoms with Crippen LogP contribution in [0.2, 0.25) is 0 Å². The van der Waals surface area contributed by atoms with Crippen LogP contribution in [0.25, 0.3) is 0 Å². The van der Waals surface area contributed by atoms with Gasteiger partial charge >= 0.3 is 0 Å². The van der Waals surface area contributed by atoms with Gasteiger partial charge in [-0.25, -0.2) is 19.9 Å². The van der Waals surface area contributed by atoms with Gasteiger partial charge in [-0.2, -0.15) is 0 Å². The third-order valence-electron chi connectivity index (χ3n) is 1.53. The summed E-state index contributed by atoms with van der Waals surface area (Å²) in [6, 6.07) is 0. The molecule has 2 aromatic heterocycles. The summed E-state index contributed by atoms with van der Waals surface area (Å²) in [4.78, 5) is 29.6. The molecule has 0 aliphatic rings. The van der Waals surface area contributed by atoms with Gasteiger partial charge in [0.15, 0.2) is 0 Å². The molecule has 0 aromatic carbocycles. The Morgan fingerprint density at radius 1 is 0.944 bits per heavy atom. The molecule has 0 saturated carbocycles. The Balaban J connectivity index is 0.000000241. The van der Waals surface area contributed by atoms with Crippen LogP contribution in [0.1, 0.15) is 11.6 Å². The highest BCUT2D eigenvalue weighted by Gasteiger charge is 1.83. The Morgan fingerprint density at radius 2 is 1.28 bits per heavy atom. The van der Waals surface area contributed by atoms with Gasteiger partial charge in [0.05, 0.1) is 11.9 Å². The van der Waals surface area contributed by atoms with Gasteiger partial charge in [-0.3, -0.25) is 0 Å². The lowest BCUT2D eigenvalue weighted by Crippen LogP contribution is -2.42. The Hall–Kier alpha value is -2.64. The fraction of sp³-hybridized carbons (Fsp3) is 0.200. The van der Waals surface area contributed by atoms with Crippen molar-refractivity contribution in [3.05, 3.63) is 36.4 Å². The van der Waals surface area contributed by atoms with Gasteiger partial charge in [0, 0.05) is 13.8 Å². The van der Waals surface area contributed by atoms with Crippen LogP contribution in [0.5, 0.6) is 0 Å². The molecule has 98 valence electrons. The van der Waals surface area contributed by atoms with Crippen LogP contribution in [0, 0.1) is 13.8 Å².